The minimum Gasteiger partial charge on any atom is -0.461 e. The molecule has 1 spiro atoms. The normalized spacial score (nSPS) is 46.7. The van der Waals surface area contributed by atoms with Crippen LogP contribution in [0.3, 0.4) is 0 Å². The molecule has 32 heavy (non-hydrogen) atoms. The topological polar surface area (TPSA) is 41.6 Å². The van der Waals surface area contributed by atoms with Gasteiger partial charge < -0.3 is 15.0 Å². The molecule has 0 radical (unpaired) electrons. The molecular weight excluding hydrogens is 396 g/mol. The summed E-state index contributed by atoms with van der Waals surface area (Å²) in [6.45, 7) is 10.5. The number of likely N-dealkylation sites (tertiary alicyclic amines) is 1. The van der Waals surface area contributed by atoms with Crippen LogP contribution < -0.4 is 5.32 Å². The van der Waals surface area contributed by atoms with Crippen LogP contribution in [0, 0.1) is 40.4 Å². The van der Waals surface area contributed by atoms with Crippen LogP contribution in [0.25, 0.3) is 0 Å². The predicted octanol–water partition coefficient (Wildman–Crippen LogP) is 5.04. The van der Waals surface area contributed by atoms with Gasteiger partial charge in [0.25, 0.3) is 0 Å². The number of nitrogens with one attached hydrogen (secondary N) is 1. The summed E-state index contributed by atoms with van der Waals surface area (Å²) >= 11 is 0. The summed E-state index contributed by atoms with van der Waals surface area (Å²) in [6.07, 6.45) is 12.9. The molecule has 1 saturated heterocycles. The summed E-state index contributed by atoms with van der Waals surface area (Å²) in [7, 11) is 4.22. The fraction of sp³-hybridized carbons (Fsp3) is 0.893. The first-order chi connectivity index (χ1) is 15.2. The Morgan fingerprint density at radius 2 is 1.91 bits per heavy atom. The predicted molar refractivity (Wildman–Crippen MR) is 129 cm³/mol. The number of likely N-dealkylation sites (N-methyl/N-ethyl adjacent to an activating group) is 1. The summed E-state index contributed by atoms with van der Waals surface area (Å²) in [4.78, 5) is 15.4. The Kier molecular flexibility index (Phi) is 5.81. The van der Waals surface area contributed by atoms with Crippen molar-refractivity contribution in [3.05, 3.63) is 11.6 Å². The Balaban J connectivity index is 1.32. The lowest BCUT2D eigenvalue weighted by atomic mass is 9.47. The van der Waals surface area contributed by atoms with Gasteiger partial charge in [-0.2, -0.15) is 0 Å². The zero-order valence-electron chi connectivity index (χ0n) is 21.3. The van der Waals surface area contributed by atoms with E-state index in [1.165, 1.54) is 45.1 Å². The first-order valence-electron chi connectivity index (χ1n) is 13.5. The molecule has 4 fully saturated rings. The number of fused-ring (bicyclic) bond motifs is 4. The Morgan fingerprint density at radius 3 is 2.62 bits per heavy atom. The van der Waals surface area contributed by atoms with E-state index in [9.17, 15) is 4.79 Å². The third-order valence-corrected chi connectivity index (χ3v) is 11.2. The molecular formula is C28H46N2O2. The Bertz CT molecular complexity index is 777. The summed E-state index contributed by atoms with van der Waals surface area (Å²) in [5, 5.41) is 3.14. The maximum absolute atomic E-state index is 12.7. The highest BCUT2D eigenvalue weighted by atomic mass is 16.5. The Morgan fingerprint density at radius 1 is 1.16 bits per heavy atom. The molecule has 0 bridgehead atoms. The highest BCUT2D eigenvalue weighted by Gasteiger charge is 2.64. The number of allylic oxidation sites excluding steroid dienone is 1. The zero-order chi connectivity index (χ0) is 22.8. The molecule has 5 rings (SSSR count). The van der Waals surface area contributed by atoms with Gasteiger partial charge in [0.05, 0.1) is 0 Å². The van der Waals surface area contributed by atoms with Crippen LogP contribution in [0.5, 0.6) is 0 Å². The molecule has 0 aromatic rings. The van der Waals surface area contributed by atoms with Crippen molar-refractivity contribution in [2.75, 3.05) is 20.6 Å². The first kappa shape index (κ1) is 22.9. The molecule has 9 unspecified atom stereocenters. The zero-order valence-corrected chi connectivity index (χ0v) is 21.3. The van der Waals surface area contributed by atoms with Gasteiger partial charge in [0.15, 0.2) is 0 Å². The average molecular weight is 443 g/mol. The van der Waals surface area contributed by atoms with E-state index < -0.39 is 0 Å². The fourth-order valence-corrected chi connectivity index (χ4v) is 9.49. The maximum atomic E-state index is 12.7. The second-order valence-electron chi connectivity index (χ2n) is 12.7. The van der Waals surface area contributed by atoms with Crippen LogP contribution in [0.1, 0.15) is 79.1 Å². The van der Waals surface area contributed by atoms with Crippen molar-refractivity contribution in [2.45, 2.75) is 97.2 Å². The molecule has 1 heterocycles. The summed E-state index contributed by atoms with van der Waals surface area (Å²) < 4.78 is 6.04. The van der Waals surface area contributed by atoms with Gasteiger partial charge in [-0.15, -0.1) is 0 Å². The van der Waals surface area contributed by atoms with Gasteiger partial charge in [-0.1, -0.05) is 32.4 Å². The van der Waals surface area contributed by atoms with E-state index in [1.54, 1.807) is 5.57 Å². The fourth-order valence-electron chi connectivity index (χ4n) is 9.49. The van der Waals surface area contributed by atoms with E-state index in [2.05, 4.69) is 51.0 Å². The van der Waals surface area contributed by atoms with E-state index in [0.29, 0.717) is 10.8 Å². The standard InChI is InChI=1S/C28H46N2O2/c1-17(2)25(29-5)26(31)32-20-11-13-27(4)19(15-20)7-8-21-23(27)12-14-28-16-30(6)18(3)22(28)9-10-24(21)28/h7,17-18,20-25,29H,8-16H2,1-6H3. The van der Waals surface area contributed by atoms with Gasteiger partial charge in [-0.3, -0.25) is 4.79 Å². The Labute approximate surface area is 195 Å². The molecule has 180 valence electrons. The highest BCUT2D eigenvalue weighted by molar-refractivity contribution is 5.76. The molecule has 4 aliphatic carbocycles. The van der Waals surface area contributed by atoms with Gasteiger partial charge in [0.1, 0.15) is 12.1 Å². The molecule has 0 aromatic heterocycles. The summed E-state index contributed by atoms with van der Waals surface area (Å²) in [6, 6.07) is 0.559. The number of hydrogen-bond acceptors (Lipinski definition) is 4. The van der Waals surface area contributed by atoms with Gasteiger partial charge >= 0.3 is 5.97 Å². The second kappa shape index (κ2) is 8.12. The third-order valence-electron chi connectivity index (χ3n) is 11.2. The van der Waals surface area contributed by atoms with Crippen molar-refractivity contribution < 1.29 is 9.53 Å². The van der Waals surface area contributed by atoms with Crippen LogP contribution in [-0.4, -0.2) is 49.7 Å². The minimum absolute atomic E-state index is 0.0584. The van der Waals surface area contributed by atoms with E-state index in [-0.39, 0.29) is 24.0 Å². The number of ether oxygens (including phenoxy) is 1. The average Bonchev–Trinajstić information content (AvgIpc) is 3.22. The number of carbonyl (C=O) groups excluding carboxylic acids is 1. The highest BCUT2D eigenvalue weighted by Crippen LogP contribution is 2.68. The molecule has 1 N–H and O–H groups in total. The van der Waals surface area contributed by atoms with Gasteiger partial charge in [0, 0.05) is 19.0 Å². The van der Waals surface area contributed by atoms with Crippen molar-refractivity contribution in [1.29, 1.82) is 0 Å². The molecule has 0 aromatic carbocycles. The largest absolute Gasteiger partial charge is 0.461 e. The molecule has 0 amide bonds. The summed E-state index contributed by atoms with van der Waals surface area (Å²) in [5.74, 6) is 3.73. The smallest absolute Gasteiger partial charge is 0.323 e. The van der Waals surface area contributed by atoms with Crippen molar-refractivity contribution in [3.8, 4) is 0 Å². The number of carbonyl (C=O) groups is 1. The lowest BCUT2D eigenvalue weighted by molar-refractivity contribution is -0.155. The van der Waals surface area contributed by atoms with Gasteiger partial charge in [0.2, 0.25) is 0 Å². The monoisotopic (exact) mass is 442 g/mol. The lowest BCUT2D eigenvalue weighted by Gasteiger charge is -2.58. The SMILES string of the molecule is CNC(C(=O)OC1CCC2(C)C(=CCC3C2CCC24CN(C)C(C)C2CCC34)C1)C(C)C. The van der Waals surface area contributed by atoms with E-state index >= 15 is 0 Å². The molecule has 9 atom stereocenters. The van der Waals surface area contributed by atoms with Crippen molar-refractivity contribution >= 4 is 5.97 Å². The number of esters is 1. The second-order valence-corrected chi connectivity index (χ2v) is 12.7. The number of hydrogen-bond donors (Lipinski definition) is 1. The maximum Gasteiger partial charge on any atom is 0.323 e. The molecule has 3 saturated carbocycles. The summed E-state index contributed by atoms with van der Waals surface area (Å²) in [5.41, 5.74) is 2.53. The molecule has 1 aliphatic heterocycles. The van der Waals surface area contributed by atoms with Crippen LogP contribution in [0.15, 0.2) is 11.6 Å². The van der Waals surface area contributed by atoms with E-state index in [4.69, 9.17) is 4.74 Å². The van der Waals surface area contributed by atoms with Crippen LogP contribution in [-0.2, 0) is 9.53 Å². The van der Waals surface area contributed by atoms with Crippen molar-refractivity contribution in [1.82, 2.24) is 10.2 Å². The lowest BCUT2D eigenvalue weighted by Crippen LogP contribution is -2.52. The third kappa shape index (κ3) is 3.26. The van der Waals surface area contributed by atoms with E-state index in [1.807, 2.05) is 7.05 Å². The minimum atomic E-state index is -0.204. The first-order valence-corrected chi connectivity index (χ1v) is 13.5. The van der Waals surface area contributed by atoms with Gasteiger partial charge in [-0.05, 0) is 106 Å². The van der Waals surface area contributed by atoms with Crippen LogP contribution >= 0.6 is 0 Å². The van der Waals surface area contributed by atoms with Crippen molar-refractivity contribution in [2.24, 2.45) is 40.4 Å². The molecule has 4 heteroatoms. The Hall–Kier alpha value is -0.870. The van der Waals surface area contributed by atoms with Gasteiger partial charge in [-0.25, -0.2) is 0 Å². The van der Waals surface area contributed by atoms with Crippen LogP contribution in [0.4, 0.5) is 0 Å². The molecule has 4 nitrogen and oxygen atoms in total. The molecule has 5 aliphatic rings. The number of rotatable bonds is 4. The quantitative estimate of drug-likeness (QED) is 0.489. The van der Waals surface area contributed by atoms with E-state index in [0.717, 1.165) is 42.6 Å². The number of nitrogens with zero attached hydrogens (tertiary/aromatic N) is 1. The van der Waals surface area contributed by atoms with Crippen molar-refractivity contribution in [3.63, 3.8) is 0 Å². The van der Waals surface area contributed by atoms with Crippen LogP contribution in [0.2, 0.25) is 0 Å².